The highest BCUT2D eigenvalue weighted by Crippen LogP contribution is 2.34. The first-order valence-corrected chi connectivity index (χ1v) is 12.1. The van der Waals surface area contributed by atoms with Crippen LogP contribution in [0.3, 0.4) is 0 Å². The molecule has 0 spiro atoms. The van der Waals surface area contributed by atoms with Gasteiger partial charge in [0.05, 0.1) is 16.2 Å². The summed E-state index contributed by atoms with van der Waals surface area (Å²) in [4.78, 5) is 18.9. The van der Waals surface area contributed by atoms with E-state index in [1.807, 2.05) is 35.9 Å². The SMILES string of the molecule is C[C@@H](Oc1ccc2c(c1)c(/C=C(\F)c1ccc(C=O)nc1)nn2C1CCCCO1)c1ccncc1Cl. The van der Waals surface area contributed by atoms with E-state index in [-0.39, 0.29) is 23.6 Å². The smallest absolute Gasteiger partial charge is 0.168 e. The number of halogens is 2. The van der Waals surface area contributed by atoms with Crippen LogP contribution in [0.25, 0.3) is 22.8 Å². The zero-order valence-corrected chi connectivity index (χ0v) is 20.4. The third-order valence-electron chi connectivity index (χ3n) is 6.14. The van der Waals surface area contributed by atoms with Crippen LogP contribution in [-0.2, 0) is 4.74 Å². The van der Waals surface area contributed by atoms with E-state index in [1.54, 1.807) is 12.4 Å². The first kappa shape index (κ1) is 24.1. The Kier molecular flexibility index (Phi) is 7.06. The van der Waals surface area contributed by atoms with Gasteiger partial charge >= 0.3 is 0 Å². The van der Waals surface area contributed by atoms with Crippen LogP contribution in [0.1, 0.15) is 65.8 Å². The third kappa shape index (κ3) is 5.01. The fourth-order valence-electron chi connectivity index (χ4n) is 4.26. The van der Waals surface area contributed by atoms with Crippen molar-refractivity contribution in [3.05, 3.63) is 82.5 Å². The highest BCUT2D eigenvalue weighted by atomic mass is 35.5. The standard InChI is InChI=1S/C27H24ClFN4O3/c1-17(21-9-10-30-15-23(21)28)36-20-7-8-26-22(12-20)25(32-33(26)27-4-2-3-11-35-27)13-24(29)18-5-6-19(16-34)31-14-18/h5-10,12-17,27H,2-4,11H2,1H3/b24-13-/t17-,27?/m1/s1. The molecule has 184 valence electrons. The second-order valence-corrected chi connectivity index (χ2v) is 8.98. The maximum atomic E-state index is 15.2. The van der Waals surface area contributed by atoms with Gasteiger partial charge in [0.2, 0.25) is 0 Å². The van der Waals surface area contributed by atoms with Crippen LogP contribution in [0, 0.1) is 0 Å². The summed E-state index contributed by atoms with van der Waals surface area (Å²) >= 11 is 6.29. The first-order chi connectivity index (χ1) is 17.5. The van der Waals surface area contributed by atoms with E-state index in [0.717, 1.165) is 35.7 Å². The zero-order chi connectivity index (χ0) is 25.1. The molecule has 3 aromatic heterocycles. The fraction of sp³-hybridized carbons (Fsp3) is 0.259. The van der Waals surface area contributed by atoms with Crippen molar-refractivity contribution < 1.29 is 18.7 Å². The second-order valence-electron chi connectivity index (χ2n) is 8.57. The van der Waals surface area contributed by atoms with Gasteiger partial charge in [-0.25, -0.2) is 9.07 Å². The molecule has 5 rings (SSSR count). The fourth-order valence-corrected chi connectivity index (χ4v) is 4.54. The van der Waals surface area contributed by atoms with Crippen LogP contribution in [0.15, 0.2) is 55.0 Å². The van der Waals surface area contributed by atoms with Crippen molar-refractivity contribution >= 4 is 40.7 Å². The van der Waals surface area contributed by atoms with E-state index in [2.05, 4.69) is 9.97 Å². The molecule has 7 nitrogen and oxygen atoms in total. The molecule has 36 heavy (non-hydrogen) atoms. The van der Waals surface area contributed by atoms with E-state index < -0.39 is 5.83 Å². The van der Waals surface area contributed by atoms with Crippen LogP contribution in [0.2, 0.25) is 5.02 Å². The molecular formula is C27H24ClFN4O3. The van der Waals surface area contributed by atoms with Crippen LogP contribution in [-0.4, -0.2) is 32.6 Å². The van der Waals surface area contributed by atoms with Crippen molar-refractivity contribution in [2.45, 2.75) is 38.5 Å². The maximum Gasteiger partial charge on any atom is 0.168 e. The Morgan fingerprint density at radius 3 is 2.86 bits per heavy atom. The van der Waals surface area contributed by atoms with Crippen molar-refractivity contribution in [1.82, 2.24) is 19.7 Å². The monoisotopic (exact) mass is 506 g/mol. The van der Waals surface area contributed by atoms with E-state index in [1.165, 1.54) is 24.4 Å². The topological polar surface area (TPSA) is 79.1 Å². The molecule has 4 heterocycles. The number of ether oxygens (including phenoxy) is 2. The predicted octanol–water partition coefficient (Wildman–Crippen LogP) is 6.60. The van der Waals surface area contributed by atoms with Gasteiger partial charge in [-0.15, -0.1) is 0 Å². The van der Waals surface area contributed by atoms with Gasteiger partial charge in [-0.1, -0.05) is 11.6 Å². The van der Waals surface area contributed by atoms with Crippen molar-refractivity contribution in [3.8, 4) is 5.75 Å². The summed E-state index contributed by atoms with van der Waals surface area (Å²) in [6, 6.07) is 10.4. The van der Waals surface area contributed by atoms with Crippen LogP contribution >= 0.6 is 11.6 Å². The summed E-state index contributed by atoms with van der Waals surface area (Å²) in [6.07, 6.45) is 8.88. The van der Waals surface area contributed by atoms with Crippen LogP contribution in [0.5, 0.6) is 5.75 Å². The molecule has 0 saturated carbocycles. The molecule has 1 saturated heterocycles. The number of fused-ring (bicyclic) bond motifs is 1. The van der Waals surface area contributed by atoms with Crippen molar-refractivity contribution in [1.29, 1.82) is 0 Å². The number of carbonyl (C=O) groups excluding carboxylic acids is 1. The number of benzene rings is 1. The van der Waals surface area contributed by atoms with Gasteiger partial charge in [0.15, 0.2) is 12.5 Å². The maximum absolute atomic E-state index is 15.2. The van der Waals surface area contributed by atoms with Crippen molar-refractivity contribution in [2.24, 2.45) is 0 Å². The average Bonchev–Trinajstić information content (AvgIpc) is 3.27. The molecule has 4 aromatic rings. The molecule has 1 aliphatic heterocycles. The predicted molar refractivity (Wildman–Crippen MR) is 135 cm³/mol. The minimum absolute atomic E-state index is 0.221. The molecule has 1 aliphatic rings. The Labute approximate surface area is 212 Å². The van der Waals surface area contributed by atoms with E-state index >= 15 is 4.39 Å². The van der Waals surface area contributed by atoms with Crippen LogP contribution in [0.4, 0.5) is 4.39 Å². The summed E-state index contributed by atoms with van der Waals surface area (Å²) in [5.41, 5.74) is 2.57. The van der Waals surface area contributed by atoms with Gasteiger partial charge in [-0.05, 0) is 62.6 Å². The lowest BCUT2D eigenvalue weighted by Gasteiger charge is -2.23. The van der Waals surface area contributed by atoms with Crippen molar-refractivity contribution in [2.75, 3.05) is 6.61 Å². The van der Waals surface area contributed by atoms with E-state index in [0.29, 0.717) is 29.4 Å². The van der Waals surface area contributed by atoms with E-state index in [4.69, 9.17) is 26.2 Å². The minimum atomic E-state index is -0.515. The zero-order valence-electron chi connectivity index (χ0n) is 19.6. The molecule has 1 aromatic carbocycles. The molecule has 0 aliphatic carbocycles. The van der Waals surface area contributed by atoms with Gasteiger partial charge < -0.3 is 9.47 Å². The first-order valence-electron chi connectivity index (χ1n) is 11.7. The Morgan fingerprint density at radius 2 is 2.14 bits per heavy atom. The summed E-state index contributed by atoms with van der Waals surface area (Å²) in [5.74, 6) is 0.0818. The van der Waals surface area contributed by atoms with Gasteiger partial charge in [0.1, 0.15) is 23.4 Å². The van der Waals surface area contributed by atoms with Gasteiger partial charge in [0, 0.05) is 47.8 Å². The number of hydrogen-bond acceptors (Lipinski definition) is 6. The third-order valence-corrected chi connectivity index (χ3v) is 6.45. The summed E-state index contributed by atoms with van der Waals surface area (Å²) in [6.45, 7) is 2.56. The molecule has 9 heteroatoms. The number of aldehydes is 1. The highest BCUT2D eigenvalue weighted by Gasteiger charge is 2.22. The second kappa shape index (κ2) is 10.6. The number of aromatic nitrogens is 4. The summed E-state index contributed by atoms with van der Waals surface area (Å²) in [7, 11) is 0. The largest absolute Gasteiger partial charge is 0.486 e. The lowest BCUT2D eigenvalue weighted by Crippen LogP contribution is -2.19. The average molecular weight is 507 g/mol. The molecule has 1 unspecified atom stereocenters. The van der Waals surface area contributed by atoms with Gasteiger partial charge in [0.25, 0.3) is 0 Å². The van der Waals surface area contributed by atoms with Crippen molar-refractivity contribution in [3.63, 3.8) is 0 Å². The quantitative estimate of drug-likeness (QED) is 0.263. The van der Waals surface area contributed by atoms with Gasteiger partial charge in [-0.3, -0.25) is 14.8 Å². The lowest BCUT2D eigenvalue weighted by molar-refractivity contribution is -0.0367. The molecular weight excluding hydrogens is 483 g/mol. The molecule has 0 bridgehead atoms. The molecule has 0 N–H and O–H groups in total. The Bertz CT molecular complexity index is 1410. The Morgan fingerprint density at radius 1 is 1.25 bits per heavy atom. The van der Waals surface area contributed by atoms with Crippen LogP contribution < -0.4 is 4.74 Å². The molecule has 2 atom stereocenters. The Hall–Kier alpha value is -3.62. The summed E-state index contributed by atoms with van der Waals surface area (Å²) < 4.78 is 29.2. The lowest BCUT2D eigenvalue weighted by atomic mass is 10.1. The number of nitrogens with zero attached hydrogens (tertiary/aromatic N) is 4. The minimum Gasteiger partial charge on any atom is -0.486 e. The highest BCUT2D eigenvalue weighted by molar-refractivity contribution is 6.31. The van der Waals surface area contributed by atoms with Gasteiger partial charge in [-0.2, -0.15) is 5.10 Å². The number of pyridine rings is 2. The summed E-state index contributed by atoms with van der Waals surface area (Å²) in [5, 5.41) is 5.96. The Balaban J connectivity index is 1.54. The molecule has 0 radical (unpaired) electrons. The molecule has 1 fully saturated rings. The van der Waals surface area contributed by atoms with E-state index in [9.17, 15) is 4.79 Å². The number of carbonyl (C=O) groups is 1. The normalized spacial score (nSPS) is 17.2. The number of rotatable bonds is 7. The molecule has 0 amide bonds. The number of hydrogen-bond donors (Lipinski definition) is 0.